The Kier molecular flexibility index (Phi) is 4.03. The lowest BCUT2D eigenvalue weighted by Crippen LogP contribution is -2.38. The Bertz CT molecular complexity index is 1000. The summed E-state index contributed by atoms with van der Waals surface area (Å²) in [5, 5.41) is 4.41. The molecule has 0 aliphatic carbocycles. The number of carbonyl (C=O) groups excluding carboxylic acids is 1. The highest BCUT2D eigenvalue weighted by Crippen LogP contribution is 2.11. The lowest BCUT2D eigenvalue weighted by Gasteiger charge is -2.15. The Morgan fingerprint density at radius 1 is 1.38 bits per heavy atom. The van der Waals surface area contributed by atoms with E-state index < -0.39 is 17.2 Å². The van der Waals surface area contributed by atoms with Crippen LogP contribution >= 0.6 is 0 Å². The van der Waals surface area contributed by atoms with E-state index in [4.69, 9.17) is 0 Å². The van der Waals surface area contributed by atoms with E-state index in [1.54, 1.807) is 30.1 Å². The number of rotatable bonds is 4. The summed E-state index contributed by atoms with van der Waals surface area (Å²) in [7, 11) is 1.27. The fraction of sp³-hybridized carbons (Fsp3) is 0.250. The molecular weight excluding hydrogens is 312 g/mol. The van der Waals surface area contributed by atoms with Gasteiger partial charge in [0.1, 0.15) is 0 Å². The van der Waals surface area contributed by atoms with Crippen molar-refractivity contribution in [3.63, 3.8) is 0 Å². The summed E-state index contributed by atoms with van der Waals surface area (Å²) in [6.07, 6.45) is 3.40. The highest BCUT2D eigenvalue weighted by atomic mass is 16.5. The number of fused-ring (bicyclic) bond motifs is 1. The van der Waals surface area contributed by atoms with Crippen LogP contribution in [0.3, 0.4) is 0 Å². The number of aromatic amines is 1. The molecule has 3 aromatic rings. The van der Waals surface area contributed by atoms with Crippen molar-refractivity contribution in [1.29, 1.82) is 0 Å². The highest BCUT2D eigenvalue weighted by molar-refractivity contribution is 5.93. The fourth-order valence-corrected chi connectivity index (χ4v) is 2.64. The van der Waals surface area contributed by atoms with Gasteiger partial charge in [0.2, 0.25) is 0 Å². The molecule has 2 heterocycles. The lowest BCUT2D eigenvalue weighted by atomic mass is 10.1. The molecule has 0 unspecified atom stereocenters. The summed E-state index contributed by atoms with van der Waals surface area (Å²) < 4.78 is 7.45. The minimum Gasteiger partial charge on any atom is -0.465 e. The molecule has 8 nitrogen and oxygen atoms in total. The first-order valence-corrected chi connectivity index (χ1v) is 7.35. The van der Waals surface area contributed by atoms with Crippen LogP contribution in [0.15, 0.2) is 46.2 Å². The molecule has 3 rings (SSSR count). The third-order valence-corrected chi connectivity index (χ3v) is 3.80. The predicted octanol–water partition coefficient (Wildman–Crippen LogP) is 0.934. The fourth-order valence-electron chi connectivity index (χ4n) is 2.64. The topological polar surface area (TPSA) is 99.0 Å². The molecule has 0 radical (unpaired) electrons. The number of nitrogens with zero attached hydrogens (tertiary/aromatic N) is 3. The summed E-state index contributed by atoms with van der Waals surface area (Å²) >= 11 is 0. The molecule has 0 fully saturated rings. The van der Waals surface area contributed by atoms with Crippen molar-refractivity contribution >= 4 is 16.9 Å². The largest absolute Gasteiger partial charge is 0.465 e. The number of H-pyrrole nitrogens is 1. The zero-order valence-corrected chi connectivity index (χ0v) is 13.2. The molecule has 0 aliphatic heterocycles. The van der Waals surface area contributed by atoms with Crippen LogP contribution in [0.25, 0.3) is 10.9 Å². The van der Waals surface area contributed by atoms with Crippen molar-refractivity contribution in [2.24, 2.45) is 0 Å². The molecule has 1 aromatic carbocycles. The van der Waals surface area contributed by atoms with E-state index in [-0.39, 0.29) is 11.6 Å². The third-order valence-electron chi connectivity index (χ3n) is 3.80. The molecule has 0 aliphatic rings. The predicted molar refractivity (Wildman–Crippen MR) is 87.1 cm³/mol. The number of methoxy groups -OCH3 is 1. The smallest absolute Gasteiger partial charge is 0.337 e. The second kappa shape index (κ2) is 6.15. The first-order chi connectivity index (χ1) is 11.5. The summed E-state index contributed by atoms with van der Waals surface area (Å²) in [5.74, 6) is -0.533. The Balaban J connectivity index is 2.08. The lowest BCUT2D eigenvalue weighted by molar-refractivity contribution is 0.0601. The number of esters is 1. The summed E-state index contributed by atoms with van der Waals surface area (Å²) in [6, 6.07) is 5.83. The van der Waals surface area contributed by atoms with Crippen molar-refractivity contribution in [2.75, 3.05) is 7.11 Å². The Morgan fingerprint density at radius 3 is 2.83 bits per heavy atom. The quantitative estimate of drug-likeness (QED) is 0.718. The minimum absolute atomic E-state index is 0.266. The highest BCUT2D eigenvalue weighted by Gasteiger charge is 2.15. The first-order valence-electron chi connectivity index (χ1n) is 7.35. The molecular formula is C16H16N4O4. The van der Waals surface area contributed by atoms with Crippen LogP contribution < -0.4 is 11.2 Å². The van der Waals surface area contributed by atoms with Gasteiger partial charge in [0, 0.05) is 12.4 Å². The van der Waals surface area contributed by atoms with Crippen molar-refractivity contribution < 1.29 is 9.53 Å². The summed E-state index contributed by atoms with van der Waals surface area (Å²) in [5.41, 5.74) is -0.378. The van der Waals surface area contributed by atoms with Crippen molar-refractivity contribution in [2.45, 2.75) is 19.5 Å². The second-order valence-electron chi connectivity index (χ2n) is 5.43. The monoisotopic (exact) mass is 328 g/mol. The Labute approximate surface area is 136 Å². The van der Waals surface area contributed by atoms with Crippen molar-refractivity contribution in [1.82, 2.24) is 19.3 Å². The molecule has 124 valence electrons. The van der Waals surface area contributed by atoms with Gasteiger partial charge >= 0.3 is 11.7 Å². The molecule has 24 heavy (non-hydrogen) atoms. The van der Waals surface area contributed by atoms with E-state index in [1.165, 1.54) is 25.3 Å². The van der Waals surface area contributed by atoms with Gasteiger partial charge in [0.15, 0.2) is 0 Å². The molecule has 0 amide bonds. The van der Waals surface area contributed by atoms with Crippen molar-refractivity contribution in [3.05, 3.63) is 63.1 Å². The number of hydrogen-bond donors (Lipinski definition) is 1. The molecule has 0 bridgehead atoms. The van der Waals surface area contributed by atoms with Crippen LogP contribution in [0.5, 0.6) is 0 Å². The van der Waals surface area contributed by atoms with Gasteiger partial charge in [0.25, 0.3) is 5.56 Å². The van der Waals surface area contributed by atoms with Crippen LogP contribution in [0, 0.1) is 0 Å². The van der Waals surface area contributed by atoms with Crippen LogP contribution in [0.1, 0.15) is 23.3 Å². The molecule has 1 atom stereocenters. The summed E-state index contributed by atoms with van der Waals surface area (Å²) in [6.45, 7) is 2.16. The van der Waals surface area contributed by atoms with Gasteiger partial charge in [0.05, 0.1) is 36.2 Å². The number of hydrogen-bond acceptors (Lipinski definition) is 5. The van der Waals surface area contributed by atoms with Gasteiger partial charge in [-0.15, -0.1) is 0 Å². The van der Waals surface area contributed by atoms with Crippen LogP contribution in [0.2, 0.25) is 0 Å². The number of nitrogens with one attached hydrogen (secondary N) is 1. The number of aromatic nitrogens is 4. The van der Waals surface area contributed by atoms with E-state index in [9.17, 15) is 14.4 Å². The SMILES string of the molecule is COC(=O)c1ccc2c(=O)n([C@H](C)Cn3cccn3)c(=O)[nH]c2c1. The normalized spacial score (nSPS) is 12.2. The molecule has 0 spiro atoms. The molecule has 0 saturated carbocycles. The van der Waals surface area contributed by atoms with E-state index >= 15 is 0 Å². The van der Waals surface area contributed by atoms with Gasteiger partial charge in [-0.3, -0.25) is 14.0 Å². The molecule has 8 heteroatoms. The van der Waals surface area contributed by atoms with Gasteiger partial charge < -0.3 is 9.72 Å². The molecule has 2 aromatic heterocycles. The van der Waals surface area contributed by atoms with Crippen LogP contribution in [-0.2, 0) is 11.3 Å². The zero-order valence-electron chi connectivity index (χ0n) is 13.2. The van der Waals surface area contributed by atoms with Gasteiger partial charge in [-0.05, 0) is 31.2 Å². The van der Waals surface area contributed by atoms with Crippen LogP contribution in [-0.4, -0.2) is 32.4 Å². The van der Waals surface area contributed by atoms with Gasteiger partial charge in [-0.25, -0.2) is 9.59 Å². The summed E-state index contributed by atoms with van der Waals surface area (Å²) in [4.78, 5) is 39.2. The maximum atomic E-state index is 12.7. The van der Waals surface area contributed by atoms with Crippen LogP contribution in [0.4, 0.5) is 0 Å². The van der Waals surface area contributed by atoms with Gasteiger partial charge in [-0.1, -0.05) is 0 Å². The second-order valence-corrected chi connectivity index (χ2v) is 5.43. The average Bonchev–Trinajstić information content (AvgIpc) is 3.06. The number of benzene rings is 1. The van der Waals surface area contributed by atoms with Crippen molar-refractivity contribution in [3.8, 4) is 0 Å². The maximum absolute atomic E-state index is 12.7. The Morgan fingerprint density at radius 2 is 2.17 bits per heavy atom. The standard InChI is InChI=1S/C16H16N4O4/c1-10(9-19-7-3-6-17-19)20-14(21)12-5-4-11(15(22)24-2)8-13(12)18-16(20)23/h3-8,10H,9H2,1-2H3,(H,18,23)/t10-/m1/s1. The van der Waals surface area contributed by atoms with E-state index in [2.05, 4.69) is 14.8 Å². The van der Waals surface area contributed by atoms with E-state index in [1.807, 2.05) is 0 Å². The number of carbonyl (C=O) groups is 1. The molecule has 1 N–H and O–H groups in total. The third kappa shape index (κ3) is 2.73. The number of ether oxygens (including phenoxy) is 1. The van der Waals surface area contributed by atoms with E-state index in [0.29, 0.717) is 17.4 Å². The van der Waals surface area contributed by atoms with E-state index in [0.717, 1.165) is 4.57 Å². The average molecular weight is 328 g/mol. The minimum atomic E-state index is -0.533. The first kappa shape index (κ1) is 15.7. The Hall–Kier alpha value is -3.16. The van der Waals surface area contributed by atoms with Gasteiger partial charge in [-0.2, -0.15) is 5.10 Å². The molecule has 0 saturated heterocycles. The maximum Gasteiger partial charge on any atom is 0.337 e. The zero-order chi connectivity index (χ0) is 17.3.